The first-order chi connectivity index (χ1) is 15.2. The molecule has 2 aliphatic rings. The van der Waals surface area contributed by atoms with Crippen LogP contribution in [0.1, 0.15) is 49.7 Å². The van der Waals surface area contributed by atoms with Crippen molar-refractivity contribution >= 4 is 31.5 Å². The van der Waals surface area contributed by atoms with Crippen LogP contribution in [0.25, 0.3) is 20.2 Å². The van der Waals surface area contributed by atoms with Gasteiger partial charge in [-0.3, -0.25) is 0 Å². The number of aryl methyl sites for hydroxylation is 2. The van der Waals surface area contributed by atoms with Gasteiger partial charge in [0.1, 0.15) is 11.5 Å². The topological polar surface area (TPSA) is 43.5 Å². The predicted octanol–water partition coefficient (Wildman–Crippen LogP) is 6.57. The number of thiophene rings is 1. The maximum atomic E-state index is 6.16. The fourth-order valence-electron chi connectivity index (χ4n) is 4.12. The number of rotatable bonds is 12. The summed E-state index contributed by atoms with van der Waals surface area (Å²) in [5.41, 5.74) is 2.41. The molecule has 0 saturated carbocycles. The molecule has 3 heterocycles. The quantitative estimate of drug-likeness (QED) is 0.236. The maximum absolute atomic E-state index is 6.16. The van der Waals surface area contributed by atoms with Gasteiger partial charge in [0.15, 0.2) is 0 Å². The molecular weight excluding hydrogens is 408 g/mol. The Hall–Kier alpha value is -1.82. The summed E-state index contributed by atoms with van der Waals surface area (Å²) in [5.74, 6) is 2.00. The normalized spacial score (nSPS) is 19.8. The lowest BCUT2D eigenvalue weighted by molar-refractivity contribution is 0.298. The molecule has 2 saturated heterocycles. The molecule has 31 heavy (non-hydrogen) atoms. The Morgan fingerprint density at radius 3 is 1.61 bits per heavy atom. The van der Waals surface area contributed by atoms with Crippen molar-refractivity contribution in [1.82, 2.24) is 0 Å². The number of fused-ring (bicyclic) bond motifs is 3. The maximum Gasteiger partial charge on any atom is 0.122 e. The molecule has 2 aromatic carbocycles. The third-order valence-corrected chi connectivity index (χ3v) is 7.34. The third-order valence-electron chi connectivity index (χ3n) is 6.23. The van der Waals surface area contributed by atoms with Crippen molar-refractivity contribution in [2.75, 3.05) is 26.4 Å². The summed E-state index contributed by atoms with van der Waals surface area (Å²) in [4.78, 5) is 0. The Kier molecular flexibility index (Phi) is 6.35. The van der Waals surface area contributed by atoms with Gasteiger partial charge in [-0.2, -0.15) is 0 Å². The number of epoxide rings is 2. The summed E-state index contributed by atoms with van der Waals surface area (Å²) in [5, 5.41) is 2.53. The highest BCUT2D eigenvalue weighted by Crippen LogP contribution is 2.40. The van der Waals surface area contributed by atoms with Crippen LogP contribution in [0.5, 0.6) is 11.5 Å². The predicted molar refractivity (Wildman–Crippen MR) is 127 cm³/mol. The van der Waals surface area contributed by atoms with Crippen LogP contribution in [0.2, 0.25) is 0 Å². The van der Waals surface area contributed by atoms with Gasteiger partial charge < -0.3 is 18.9 Å². The van der Waals surface area contributed by atoms with Gasteiger partial charge in [0.25, 0.3) is 0 Å². The van der Waals surface area contributed by atoms with Crippen molar-refractivity contribution in [1.29, 1.82) is 0 Å². The Morgan fingerprint density at radius 1 is 0.742 bits per heavy atom. The standard InChI is InChI=1S/C26H32O4S/c1-17-11-25-21(13-23(17)27-9-5-3-7-19-15-29-19)22-14-24(18(2)12-26(22)31-25)28-10-6-4-8-20-16-30-20/h11-14,19-20H,3-10,15-16H2,1-2H3. The van der Waals surface area contributed by atoms with Crippen molar-refractivity contribution in [2.45, 2.75) is 64.6 Å². The molecule has 2 aliphatic heterocycles. The molecule has 0 aliphatic carbocycles. The van der Waals surface area contributed by atoms with Crippen molar-refractivity contribution in [2.24, 2.45) is 0 Å². The van der Waals surface area contributed by atoms with Crippen LogP contribution in [-0.4, -0.2) is 38.6 Å². The minimum atomic E-state index is 0.516. The van der Waals surface area contributed by atoms with Crippen molar-refractivity contribution < 1.29 is 18.9 Å². The first-order valence-corrected chi connectivity index (χ1v) is 12.5. The van der Waals surface area contributed by atoms with Crippen LogP contribution in [0, 0.1) is 13.8 Å². The van der Waals surface area contributed by atoms with Gasteiger partial charge in [0.05, 0.1) is 38.6 Å². The molecule has 2 atom stereocenters. The van der Waals surface area contributed by atoms with Crippen LogP contribution >= 0.6 is 11.3 Å². The van der Waals surface area contributed by atoms with Crippen LogP contribution in [-0.2, 0) is 9.47 Å². The molecule has 0 radical (unpaired) electrons. The Balaban J connectivity index is 1.27. The number of unbranched alkanes of at least 4 members (excludes halogenated alkanes) is 2. The highest BCUT2D eigenvalue weighted by atomic mass is 32.1. The molecule has 0 bridgehead atoms. The minimum Gasteiger partial charge on any atom is -0.493 e. The lowest BCUT2D eigenvalue weighted by Gasteiger charge is -2.10. The zero-order valence-electron chi connectivity index (χ0n) is 18.6. The molecule has 0 amide bonds. The molecular formula is C26H32O4S. The second kappa shape index (κ2) is 9.35. The zero-order chi connectivity index (χ0) is 21.2. The molecule has 3 aromatic rings. The lowest BCUT2D eigenvalue weighted by atomic mass is 10.1. The average molecular weight is 441 g/mol. The highest BCUT2D eigenvalue weighted by molar-refractivity contribution is 7.25. The summed E-state index contributed by atoms with van der Waals surface area (Å²) in [6, 6.07) is 8.98. The van der Waals surface area contributed by atoms with E-state index in [2.05, 4.69) is 38.1 Å². The number of hydrogen-bond donors (Lipinski definition) is 0. The van der Waals surface area contributed by atoms with E-state index in [9.17, 15) is 0 Å². The van der Waals surface area contributed by atoms with Crippen LogP contribution < -0.4 is 9.47 Å². The summed E-state index contributed by atoms with van der Waals surface area (Å²) in [7, 11) is 0. The minimum absolute atomic E-state index is 0.516. The molecule has 166 valence electrons. The highest BCUT2D eigenvalue weighted by Gasteiger charge is 2.21. The van der Waals surface area contributed by atoms with E-state index >= 15 is 0 Å². The SMILES string of the molecule is Cc1cc2sc3cc(C)c(OCCCCC4CO4)cc3c2cc1OCCCCC1CO1. The monoisotopic (exact) mass is 440 g/mol. The number of benzene rings is 2. The van der Waals surface area contributed by atoms with E-state index in [1.807, 2.05) is 11.3 Å². The van der Waals surface area contributed by atoms with Crippen molar-refractivity contribution in [3.63, 3.8) is 0 Å². The van der Waals surface area contributed by atoms with Crippen molar-refractivity contribution in [3.8, 4) is 11.5 Å². The number of hydrogen-bond acceptors (Lipinski definition) is 5. The van der Waals surface area contributed by atoms with E-state index in [0.29, 0.717) is 12.2 Å². The molecule has 2 unspecified atom stereocenters. The van der Waals surface area contributed by atoms with Gasteiger partial charge in [-0.25, -0.2) is 0 Å². The third kappa shape index (κ3) is 5.33. The van der Waals surface area contributed by atoms with Gasteiger partial charge in [-0.05, 0) is 87.8 Å². The van der Waals surface area contributed by atoms with Gasteiger partial charge in [0, 0.05) is 20.2 Å². The molecule has 0 N–H and O–H groups in total. The Morgan fingerprint density at radius 2 is 1.19 bits per heavy atom. The zero-order valence-corrected chi connectivity index (χ0v) is 19.4. The van der Waals surface area contributed by atoms with Gasteiger partial charge in [0.2, 0.25) is 0 Å². The van der Waals surface area contributed by atoms with Gasteiger partial charge in [-0.15, -0.1) is 11.3 Å². The summed E-state index contributed by atoms with van der Waals surface area (Å²) >= 11 is 1.85. The first kappa shape index (κ1) is 21.0. The van der Waals surface area contributed by atoms with Crippen molar-refractivity contribution in [3.05, 3.63) is 35.4 Å². The molecule has 5 heteroatoms. The number of ether oxygens (including phenoxy) is 4. The first-order valence-electron chi connectivity index (χ1n) is 11.6. The van der Waals surface area contributed by atoms with Crippen LogP contribution in [0.3, 0.4) is 0 Å². The summed E-state index contributed by atoms with van der Waals surface area (Å²) < 4.78 is 25.5. The molecule has 1 aromatic heterocycles. The van der Waals surface area contributed by atoms with E-state index in [4.69, 9.17) is 18.9 Å². The second-order valence-electron chi connectivity index (χ2n) is 8.93. The smallest absolute Gasteiger partial charge is 0.122 e. The van der Waals surface area contributed by atoms with E-state index in [-0.39, 0.29) is 0 Å². The average Bonchev–Trinajstić information content (AvgIpc) is 3.67. The van der Waals surface area contributed by atoms with E-state index < -0.39 is 0 Å². The van der Waals surface area contributed by atoms with Crippen LogP contribution in [0.15, 0.2) is 24.3 Å². The van der Waals surface area contributed by atoms with Gasteiger partial charge in [-0.1, -0.05) is 0 Å². The summed E-state index contributed by atoms with van der Waals surface area (Å²) in [6.45, 7) is 7.71. The largest absolute Gasteiger partial charge is 0.493 e. The molecule has 5 rings (SSSR count). The lowest BCUT2D eigenvalue weighted by Crippen LogP contribution is -2.00. The Labute approximate surface area is 188 Å². The van der Waals surface area contributed by atoms with Crippen LogP contribution in [0.4, 0.5) is 0 Å². The molecule has 2 fully saturated rings. The van der Waals surface area contributed by atoms with Gasteiger partial charge >= 0.3 is 0 Å². The fraction of sp³-hybridized carbons (Fsp3) is 0.538. The summed E-state index contributed by atoms with van der Waals surface area (Å²) in [6.07, 6.45) is 7.84. The van der Waals surface area contributed by atoms with E-state index in [1.165, 1.54) is 44.1 Å². The van der Waals surface area contributed by atoms with E-state index in [0.717, 1.165) is 63.6 Å². The fourth-order valence-corrected chi connectivity index (χ4v) is 5.39. The molecule has 4 nitrogen and oxygen atoms in total. The van der Waals surface area contributed by atoms with E-state index in [1.54, 1.807) is 0 Å². The molecule has 0 spiro atoms. The second-order valence-corrected chi connectivity index (χ2v) is 10.0. The Bertz CT molecular complexity index is 966.